The molecule has 0 bridgehead atoms. The Morgan fingerprint density at radius 3 is 0.875 bits per heavy atom. The second kappa shape index (κ2) is 24.1. The summed E-state index contributed by atoms with van der Waals surface area (Å²) in [6.45, 7) is 0. The van der Waals surface area contributed by atoms with Gasteiger partial charge in [-0.3, -0.25) is 0 Å². The first-order valence-electron chi connectivity index (χ1n) is 0.583. The zero-order valence-corrected chi connectivity index (χ0v) is 7.54. The monoisotopic (exact) mass is 225 g/mol. The Hall–Kier alpha value is 1.18. The minimum atomic E-state index is -2.87. The summed E-state index contributed by atoms with van der Waals surface area (Å²) in [5, 5.41) is 0. The maximum absolute atomic E-state index is 8.70. The number of hydrogen-bond acceptors (Lipinski definition) is 1. The van der Waals surface area contributed by atoms with E-state index in [1.165, 1.54) is 0 Å². The van der Waals surface area contributed by atoms with Crippen LogP contribution < -0.4 is 0 Å². The van der Waals surface area contributed by atoms with E-state index in [0.717, 1.165) is 0 Å². The highest BCUT2D eigenvalue weighted by Gasteiger charge is 1.93. The Labute approximate surface area is 72.5 Å². The van der Waals surface area contributed by atoms with Crippen molar-refractivity contribution >= 4 is 57.9 Å². The summed E-state index contributed by atoms with van der Waals surface area (Å²) in [5.41, 5.74) is 0. The van der Waals surface area contributed by atoms with Crippen LogP contribution in [0.2, 0.25) is 0 Å². The molecule has 2 N–H and O–H groups in total. The van der Waals surface area contributed by atoms with E-state index in [0.29, 0.717) is 0 Å². The number of halogens is 4. The molecular formula is H6Cl4O3P+. The molecule has 0 saturated heterocycles. The largest absolute Gasteiger partial charge is 0.692 e. The van der Waals surface area contributed by atoms with E-state index >= 15 is 0 Å². The van der Waals surface area contributed by atoms with Crippen molar-refractivity contribution in [3.63, 3.8) is 0 Å². The van der Waals surface area contributed by atoms with Gasteiger partial charge < -0.3 is 0 Å². The molecule has 0 amide bonds. The quantitative estimate of drug-likeness (QED) is 0.613. The van der Waals surface area contributed by atoms with Crippen molar-refractivity contribution < 1.29 is 14.4 Å². The highest BCUT2D eigenvalue weighted by atomic mass is 35.5. The Bertz CT molecular complexity index is 34.3. The highest BCUT2D eigenvalue weighted by Crippen LogP contribution is 1.98. The molecule has 56 valence electrons. The van der Waals surface area contributed by atoms with Crippen molar-refractivity contribution in [2.45, 2.75) is 0 Å². The fraction of sp³-hybridized carbons (Fsp3) is 0. The number of hydrogen-bond donors (Lipinski definition) is 2. The molecule has 8 heteroatoms. The van der Waals surface area contributed by atoms with Gasteiger partial charge in [0.15, 0.2) is 0 Å². The van der Waals surface area contributed by atoms with E-state index < -0.39 is 8.25 Å². The molecular weight excluding hydrogens is 221 g/mol. The molecule has 0 atom stereocenters. The lowest BCUT2D eigenvalue weighted by molar-refractivity contribution is 0.405. The SMILES string of the molecule is Cl.Cl.Cl.Cl.O=[P+](O)O. The van der Waals surface area contributed by atoms with Crippen LogP contribution in [0.5, 0.6) is 0 Å². The van der Waals surface area contributed by atoms with Crippen LogP contribution in [0.1, 0.15) is 0 Å². The fourth-order valence-corrected chi connectivity index (χ4v) is 0. The molecule has 0 saturated carbocycles. The van der Waals surface area contributed by atoms with Crippen molar-refractivity contribution in [3.8, 4) is 0 Å². The molecule has 0 spiro atoms. The molecule has 0 aromatic carbocycles. The number of rotatable bonds is 0. The molecule has 0 unspecified atom stereocenters. The van der Waals surface area contributed by atoms with Crippen LogP contribution in [0.25, 0.3) is 0 Å². The first-order chi connectivity index (χ1) is 1.73. The molecule has 0 heterocycles. The van der Waals surface area contributed by atoms with Gasteiger partial charge in [-0.25, -0.2) is 0 Å². The third kappa shape index (κ3) is 197. The standard InChI is InChI=1S/4ClH.HO3P/c;;;;1-4(2)3/h4*1H;(H-,1,2,3)/p+1. The maximum atomic E-state index is 8.70. The average Bonchev–Trinajstić information content (AvgIpc) is 0.811. The molecule has 0 aromatic heterocycles. The minimum Gasteiger partial charge on any atom is -0.147 e. The highest BCUT2D eigenvalue weighted by molar-refractivity contribution is 7.30. The summed E-state index contributed by atoms with van der Waals surface area (Å²) in [6, 6.07) is 0. The Kier molecular flexibility index (Phi) is 106. The van der Waals surface area contributed by atoms with Crippen LogP contribution in [0.3, 0.4) is 0 Å². The van der Waals surface area contributed by atoms with Crippen molar-refractivity contribution in [3.05, 3.63) is 0 Å². The predicted octanol–water partition coefficient (Wildman–Crippen LogP) is 1.32. The van der Waals surface area contributed by atoms with E-state index in [1.807, 2.05) is 0 Å². The lowest BCUT2D eigenvalue weighted by Gasteiger charge is -1.34. The Balaban J connectivity index is -0.00000000750. The van der Waals surface area contributed by atoms with Crippen molar-refractivity contribution in [2.75, 3.05) is 0 Å². The van der Waals surface area contributed by atoms with Gasteiger partial charge in [-0.05, 0) is 0 Å². The molecule has 0 aliphatic carbocycles. The second-order valence-corrected chi connectivity index (χ2v) is 0.758. The van der Waals surface area contributed by atoms with Crippen LogP contribution in [0, 0.1) is 0 Å². The van der Waals surface area contributed by atoms with Crippen molar-refractivity contribution in [1.29, 1.82) is 0 Å². The van der Waals surface area contributed by atoms with Gasteiger partial charge in [0.2, 0.25) is 0 Å². The molecule has 0 rings (SSSR count). The van der Waals surface area contributed by atoms with Gasteiger partial charge in [-0.2, -0.15) is 0 Å². The first-order valence-corrected chi connectivity index (χ1v) is 1.75. The smallest absolute Gasteiger partial charge is 0.147 e. The average molecular weight is 227 g/mol. The Morgan fingerprint density at radius 1 is 0.875 bits per heavy atom. The van der Waals surface area contributed by atoms with Gasteiger partial charge in [-0.1, -0.05) is 0 Å². The normalized spacial score (nSPS) is 3.25. The predicted molar refractivity (Wildman–Crippen MR) is 41.0 cm³/mol. The van der Waals surface area contributed by atoms with E-state index in [-0.39, 0.29) is 49.6 Å². The maximum Gasteiger partial charge on any atom is 0.692 e. The molecule has 0 aliphatic rings. The summed E-state index contributed by atoms with van der Waals surface area (Å²) >= 11 is 0. The van der Waals surface area contributed by atoms with Gasteiger partial charge in [0.25, 0.3) is 0 Å². The second-order valence-electron chi connectivity index (χ2n) is 0.253. The van der Waals surface area contributed by atoms with Crippen LogP contribution in [-0.4, -0.2) is 9.79 Å². The van der Waals surface area contributed by atoms with Crippen LogP contribution in [0.4, 0.5) is 0 Å². The summed E-state index contributed by atoms with van der Waals surface area (Å²) in [7, 11) is -2.87. The van der Waals surface area contributed by atoms with Gasteiger partial charge in [-0.15, -0.1) is 59.4 Å². The topological polar surface area (TPSA) is 57.5 Å². The third-order valence-corrected chi connectivity index (χ3v) is 0. The third-order valence-electron chi connectivity index (χ3n) is 0. The van der Waals surface area contributed by atoms with Crippen LogP contribution in [-0.2, 0) is 4.57 Å². The molecule has 0 aromatic rings. The van der Waals surface area contributed by atoms with Crippen molar-refractivity contribution in [1.82, 2.24) is 0 Å². The lowest BCUT2D eigenvalue weighted by atomic mass is 15.8. The molecule has 8 heavy (non-hydrogen) atoms. The van der Waals surface area contributed by atoms with E-state index in [4.69, 9.17) is 14.4 Å². The van der Waals surface area contributed by atoms with Crippen LogP contribution in [0.15, 0.2) is 0 Å². The summed E-state index contributed by atoms with van der Waals surface area (Å²) < 4.78 is 8.70. The lowest BCUT2D eigenvalue weighted by Crippen LogP contribution is -1.38. The van der Waals surface area contributed by atoms with Gasteiger partial charge in [0.1, 0.15) is 0 Å². The summed E-state index contributed by atoms with van der Waals surface area (Å²) in [4.78, 5) is 14.2. The van der Waals surface area contributed by atoms with Gasteiger partial charge in [0.05, 0.1) is 0 Å². The summed E-state index contributed by atoms with van der Waals surface area (Å²) in [5.74, 6) is 0. The van der Waals surface area contributed by atoms with E-state index in [9.17, 15) is 0 Å². The molecule has 3 nitrogen and oxygen atoms in total. The van der Waals surface area contributed by atoms with E-state index in [2.05, 4.69) is 0 Å². The Morgan fingerprint density at radius 2 is 0.875 bits per heavy atom. The van der Waals surface area contributed by atoms with Crippen molar-refractivity contribution in [2.24, 2.45) is 0 Å². The minimum absolute atomic E-state index is 0. The van der Waals surface area contributed by atoms with Gasteiger partial charge in [0, 0.05) is 4.57 Å². The summed E-state index contributed by atoms with van der Waals surface area (Å²) in [6.07, 6.45) is 0. The fourth-order valence-electron chi connectivity index (χ4n) is 0. The molecule has 0 fully saturated rings. The molecule has 0 aliphatic heterocycles. The zero-order valence-electron chi connectivity index (χ0n) is 3.38. The van der Waals surface area contributed by atoms with Crippen LogP contribution >= 0.6 is 57.9 Å². The first kappa shape index (κ1) is 35.2. The van der Waals surface area contributed by atoms with E-state index in [1.54, 1.807) is 0 Å². The zero-order chi connectivity index (χ0) is 3.58. The molecule has 0 radical (unpaired) electrons. The van der Waals surface area contributed by atoms with Gasteiger partial charge >= 0.3 is 8.25 Å².